The molecule has 0 fully saturated rings. The highest BCUT2D eigenvalue weighted by molar-refractivity contribution is 4.83. The van der Waals surface area contributed by atoms with Crippen LogP contribution < -0.4 is 0 Å². The van der Waals surface area contributed by atoms with E-state index in [0.29, 0.717) is 12.6 Å². The number of hydrogen-bond donors (Lipinski definition) is 0. The van der Waals surface area contributed by atoms with Gasteiger partial charge in [0, 0.05) is 12.6 Å². The normalized spacial score (nSPS) is 15.7. The van der Waals surface area contributed by atoms with E-state index in [4.69, 9.17) is 4.74 Å². The monoisotopic (exact) mass is 217 g/mol. The number of alkyl halides is 1. The molecule has 0 aliphatic carbocycles. The minimum absolute atomic E-state index is 0.395. The second-order valence-corrected chi connectivity index (χ2v) is 3.98. The fourth-order valence-electron chi connectivity index (χ4n) is 1.42. The average Bonchev–Trinajstić information content (AvgIpc) is 2.22. The first kappa shape index (κ1) is 14.6. The van der Waals surface area contributed by atoms with Crippen LogP contribution in [0.4, 0.5) is 4.39 Å². The summed E-state index contributed by atoms with van der Waals surface area (Å²) >= 11 is 0. The zero-order valence-electron chi connectivity index (χ0n) is 10.4. The lowest BCUT2D eigenvalue weighted by atomic mass is 10.2. The van der Waals surface area contributed by atoms with Gasteiger partial charge in [-0.3, -0.25) is 4.90 Å². The van der Waals surface area contributed by atoms with E-state index in [2.05, 4.69) is 32.3 Å². The van der Waals surface area contributed by atoms with Crippen molar-refractivity contribution in [2.24, 2.45) is 0 Å². The van der Waals surface area contributed by atoms with Crippen LogP contribution in [-0.2, 0) is 4.74 Å². The molecule has 90 valence electrons. The fourth-order valence-corrected chi connectivity index (χ4v) is 1.42. The van der Waals surface area contributed by atoms with Gasteiger partial charge in [0.1, 0.15) is 6.17 Å². The van der Waals surface area contributed by atoms with Crippen molar-refractivity contribution >= 4 is 0 Å². The van der Waals surface area contributed by atoms with Crippen LogP contribution in [0.25, 0.3) is 0 Å². The van der Waals surface area contributed by atoms with Crippen LogP contribution in [0.5, 0.6) is 0 Å². The minimum Gasteiger partial charge on any atom is -0.374 e. The Morgan fingerprint density at radius 2 is 2.00 bits per heavy atom. The maximum atomic E-state index is 13.0. The summed E-state index contributed by atoms with van der Waals surface area (Å²) in [6.07, 6.45) is -0.183. The Bertz CT molecular complexity index is 173. The third-order valence-corrected chi connectivity index (χ3v) is 2.57. The van der Waals surface area contributed by atoms with Crippen LogP contribution >= 0.6 is 0 Å². The van der Waals surface area contributed by atoms with Gasteiger partial charge >= 0.3 is 0 Å². The molecule has 0 saturated carbocycles. The molecule has 0 aliphatic rings. The second-order valence-electron chi connectivity index (χ2n) is 3.98. The summed E-state index contributed by atoms with van der Waals surface area (Å²) in [5, 5.41) is 0. The minimum atomic E-state index is -1.07. The summed E-state index contributed by atoms with van der Waals surface area (Å²) in [7, 11) is 0. The fraction of sp³-hybridized carbons (Fsp3) is 0.833. The Labute approximate surface area is 93.1 Å². The predicted octanol–water partition coefficient (Wildman–Crippen LogP) is 2.65. The lowest BCUT2D eigenvalue weighted by Crippen LogP contribution is -2.35. The van der Waals surface area contributed by atoms with Crippen LogP contribution in [-0.4, -0.2) is 42.9 Å². The van der Waals surface area contributed by atoms with Crippen molar-refractivity contribution in [1.29, 1.82) is 0 Å². The van der Waals surface area contributed by atoms with Gasteiger partial charge in [-0.2, -0.15) is 0 Å². The van der Waals surface area contributed by atoms with Gasteiger partial charge in [0.05, 0.1) is 12.7 Å². The van der Waals surface area contributed by atoms with Gasteiger partial charge in [0.15, 0.2) is 0 Å². The van der Waals surface area contributed by atoms with E-state index in [-0.39, 0.29) is 0 Å². The molecule has 0 radical (unpaired) electrons. The first-order chi connectivity index (χ1) is 7.02. The molecule has 0 heterocycles. The number of halogens is 1. The van der Waals surface area contributed by atoms with Crippen LogP contribution in [0.1, 0.15) is 27.7 Å². The summed E-state index contributed by atoms with van der Waals surface area (Å²) in [4.78, 5) is 2.29. The van der Waals surface area contributed by atoms with Crippen molar-refractivity contribution in [3.8, 4) is 0 Å². The molecular formula is C12H24FNO. The van der Waals surface area contributed by atoms with Gasteiger partial charge in [-0.25, -0.2) is 4.39 Å². The number of hydrogen-bond acceptors (Lipinski definition) is 2. The summed E-state index contributed by atoms with van der Waals surface area (Å²) < 4.78 is 18.4. The average molecular weight is 217 g/mol. The van der Waals surface area contributed by atoms with E-state index in [1.165, 1.54) is 6.08 Å². The van der Waals surface area contributed by atoms with Gasteiger partial charge in [0.2, 0.25) is 0 Å². The molecule has 15 heavy (non-hydrogen) atoms. The molecule has 0 aromatic rings. The van der Waals surface area contributed by atoms with E-state index in [0.717, 1.165) is 13.1 Å². The molecule has 0 aliphatic heterocycles. The molecule has 0 rings (SSSR count). The molecule has 0 N–H and O–H groups in total. The molecule has 2 unspecified atom stereocenters. The number of ether oxygens (including phenoxy) is 1. The van der Waals surface area contributed by atoms with Crippen molar-refractivity contribution < 1.29 is 9.13 Å². The summed E-state index contributed by atoms with van der Waals surface area (Å²) in [5.74, 6) is 0. The highest BCUT2D eigenvalue weighted by Crippen LogP contribution is 2.05. The Hall–Kier alpha value is -0.410. The van der Waals surface area contributed by atoms with Crippen LogP contribution in [0.15, 0.2) is 12.7 Å². The maximum absolute atomic E-state index is 13.0. The lowest BCUT2D eigenvalue weighted by Gasteiger charge is -2.25. The zero-order chi connectivity index (χ0) is 11.8. The van der Waals surface area contributed by atoms with Crippen molar-refractivity contribution in [3.63, 3.8) is 0 Å². The first-order valence-electron chi connectivity index (χ1n) is 5.65. The molecule has 0 aromatic carbocycles. The molecule has 0 amide bonds. The smallest absolute Gasteiger partial charge is 0.144 e. The largest absolute Gasteiger partial charge is 0.374 e. The Morgan fingerprint density at radius 1 is 1.40 bits per heavy atom. The van der Waals surface area contributed by atoms with Crippen LogP contribution in [0.2, 0.25) is 0 Å². The van der Waals surface area contributed by atoms with E-state index in [1.54, 1.807) is 6.92 Å². The number of likely N-dealkylation sites (N-methyl/N-ethyl adjacent to an activating group) is 1. The van der Waals surface area contributed by atoms with E-state index in [1.807, 2.05) is 0 Å². The highest BCUT2D eigenvalue weighted by Gasteiger charge is 2.13. The number of nitrogens with zero attached hydrogens (tertiary/aromatic N) is 1. The topological polar surface area (TPSA) is 12.5 Å². The SMILES string of the molecule is C=CC(F)C(C)OCCN(CC)C(C)C. The number of rotatable bonds is 8. The Balaban J connectivity index is 3.72. The van der Waals surface area contributed by atoms with Crippen molar-refractivity contribution in [2.75, 3.05) is 19.7 Å². The molecule has 2 atom stereocenters. The van der Waals surface area contributed by atoms with Gasteiger partial charge in [-0.15, -0.1) is 6.58 Å². The van der Waals surface area contributed by atoms with Gasteiger partial charge in [-0.05, 0) is 27.3 Å². The predicted molar refractivity (Wildman–Crippen MR) is 62.9 cm³/mol. The summed E-state index contributed by atoms with van der Waals surface area (Å²) in [6.45, 7) is 14.0. The molecule has 3 heteroatoms. The van der Waals surface area contributed by atoms with Crippen molar-refractivity contribution in [3.05, 3.63) is 12.7 Å². The van der Waals surface area contributed by atoms with Crippen molar-refractivity contribution in [2.45, 2.75) is 46.0 Å². The van der Waals surface area contributed by atoms with Gasteiger partial charge in [-0.1, -0.05) is 13.0 Å². The standard InChI is InChI=1S/C12H24FNO/c1-6-12(13)11(5)15-9-8-14(7-2)10(3)4/h6,10-12H,1,7-9H2,2-5H3. The third-order valence-electron chi connectivity index (χ3n) is 2.57. The van der Waals surface area contributed by atoms with E-state index in [9.17, 15) is 4.39 Å². The maximum Gasteiger partial charge on any atom is 0.144 e. The highest BCUT2D eigenvalue weighted by atomic mass is 19.1. The lowest BCUT2D eigenvalue weighted by molar-refractivity contribution is 0.0112. The third kappa shape index (κ3) is 5.90. The molecule has 0 bridgehead atoms. The first-order valence-corrected chi connectivity index (χ1v) is 5.65. The second kappa shape index (κ2) is 7.83. The quantitative estimate of drug-likeness (QED) is 0.580. The van der Waals surface area contributed by atoms with Crippen LogP contribution in [0, 0.1) is 0 Å². The molecular weight excluding hydrogens is 193 g/mol. The summed E-state index contributed by atoms with van der Waals surface area (Å²) in [5.41, 5.74) is 0. The van der Waals surface area contributed by atoms with Crippen molar-refractivity contribution in [1.82, 2.24) is 4.90 Å². The zero-order valence-corrected chi connectivity index (χ0v) is 10.4. The molecule has 0 aromatic heterocycles. The van der Waals surface area contributed by atoms with E-state index < -0.39 is 12.3 Å². The van der Waals surface area contributed by atoms with Crippen LogP contribution in [0.3, 0.4) is 0 Å². The summed E-state index contributed by atoms with van der Waals surface area (Å²) in [6, 6.07) is 0.509. The van der Waals surface area contributed by atoms with E-state index >= 15 is 0 Å². The Morgan fingerprint density at radius 3 is 2.40 bits per heavy atom. The molecule has 0 spiro atoms. The molecule has 2 nitrogen and oxygen atoms in total. The Kier molecular flexibility index (Phi) is 7.61. The molecule has 0 saturated heterocycles. The van der Waals surface area contributed by atoms with Gasteiger partial charge < -0.3 is 4.74 Å². The van der Waals surface area contributed by atoms with Gasteiger partial charge in [0.25, 0.3) is 0 Å².